The minimum absolute atomic E-state index is 0.114. The molecule has 1 aromatic carbocycles. The minimum Gasteiger partial charge on any atom is -0.508 e. The van der Waals surface area contributed by atoms with E-state index in [1.165, 1.54) is 0 Å². The zero-order chi connectivity index (χ0) is 17.5. The van der Waals surface area contributed by atoms with Crippen LogP contribution in [0, 0.1) is 35.5 Å². The van der Waals surface area contributed by atoms with Gasteiger partial charge >= 0.3 is 0 Å². The lowest BCUT2D eigenvalue weighted by molar-refractivity contribution is -0.136. The Balaban J connectivity index is 2.38. The molecular formula is C21H22O3. The van der Waals surface area contributed by atoms with Gasteiger partial charge in [0.1, 0.15) is 11.9 Å². The summed E-state index contributed by atoms with van der Waals surface area (Å²) in [5.74, 6) is 11.4. The van der Waals surface area contributed by atoms with Crippen molar-refractivity contribution in [3.8, 4) is 29.4 Å². The van der Waals surface area contributed by atoms with Gasteiger partial charge in [-0.3, -0.25) is 0 Å². The molecule has 0 fully saturated rings. The van der Waals surface area contributed by atoms with Gasteiger partial charge in [-0.2, -0.15) is 0 Å². The number of aliphatic hydroxyl groups excluding tert-OH is 1. The Bertz CT molecular complexity index is 815. The number of phenols is 1. The van der Waals surface area contributed by atoms with Crippen LogP contribution < -0.4 is 0 Å². The number of fused-ring (bicyclic) bond motifs is 4. The fourth-order valence-electron chi connectivity index (χ4n) is 4.21. The second kappa shape index (κ2) is 5.71. The Morgan fingerprint density at radius 3 is 2.50 bits per heavy atom. The molecule has 3 nitrogen and oxygen atoms in total. The molecular weight excluding hydrogens is 300 g/mol. The van der Waals surface area contributed by atoms with E-state index in [0.29, 0.717) is 6.42 Å². The van der Waals surface area contributed by atoms with E-state index in [1.54, 1.807) is 24.3 Å². The number of phenolic OH excluding ortho intramolecular Hbond substituents is 1. The zero-order valence-corrected chi connectivity index (χ0v) is 14.2. The van der Waals surface area contributed by atoms with Crippen LogP contribution in [0.15, 0.2) is 30.4 Å². The van der Waals surface area contributed by atoms with Crippen LogP contribution in [0.1, 0.15) is 31.9 Å². The Hall–Kier alpha value is -2.20. The number of allylic oxidation sites excluding steroid dienone is 2. The highest BCUT2D eigenvalue weighted by Gasteiger charge is 2.60. The summed E-state index contributed by atoms with van der Waals surface area (Å²) in [6.45, 7) is 5.69. The van der Waals surface area contributed by atoms with Crippen LogP contribution in [0.25, 0.3) is 0 Å². The van der Waals surface area contributed by atoms with E-state index in [4.69, 9.17) is 0 Å². The molecule has 2 aliphatic rings. The molecule has 0 heterocycles. The average Bonchev–Trinajstić information content (AvgIpc) is 2.54. The average molecular weight is 322 g/mol. The summed E-state index contributed by atoms with van der Waals surface area (Å²) in [5, 5.41) is 32.7. The standard InChI is InChI=1S/C21H22O3/c1-14(2)21(24)16-8-6-4-5-7-9-19(23)20(21,3)18-13-17(22)11-10-15(18)12-16/h4-5,10-11,13-14,16,19,22-24H,12H2,1-3H3/b5-4-/t16-,19-,20-,21+/m1/s1. The maximum absolute atomic E-state index is 11.8. The van der Waals surface area contributed by atoms with Gasteiger partial charge in [-0.15, -0.1) is 0 Å². The summed E-state index contributed by atoms with van der Waals surface area (Å²) in [4.78, 5) is 0. The highest BCUT2D eigenvalue weighted by molar-refractivity contribution is 5.50. The minimum atomic E-state index is -1.28. The summed E-state index contributed by atoms with van der Waals surface area (Å²) in [5.41, 5.74) is -0.626. The first kappa shape index (κ1) is 16.7. The van der Waals surface area contributed by atoms with Crippen molar-refractivity contribution in [1.29, 1.82) is 0 Å². The third-order valence-electron chi connectivity index (χ3n) is 5.59. The molecule has 0 spiro atoms. The van der Waals surface area contributed by atoms with Crippen molar-refractivity contribution in [2.75, 3.05) is 0 Å². The van der Waals surface area contributed by atoms with Crippen molar-refractivity contribution in [2.24, 2.45) is 11.8 Å². The third kappa shape index (κ3) is 2.17. The topological polar surface area (TPSA) is 60.7 Å². The van der Waals surface area contributed by atoms with Crippen molar-refractivity contribution in [3.05, 3.63) is 41.5 Å². The van der Waals surface area contributed by atoms with Crippen molar-refractivity contribution in [2.45, 2.75) is 44.3 Å². The quantitative estimate of drug-likeness (QED) is 0.694. The molecule has 3 rings (SSSR count). The van der Waals surface area contributed by atoms with Gasteiger partial charge in [0.15, 0.2) is 0 Å². The summed E-state index contributed by atoms with van der Waals surface area (Å²) < 4.78 is 0. The van der Waals surface area contributed by atoms with Gasteiger partial charge in [0.25, 0.3) is 0 Å². The van der Waals surface area contributed by atoms with Gasteiger partial charge in [-0.25, -0.2) is 0 Å². The molecule has 4 atom stereocenters. The van der Waals surface area contributed by atoms with Gasteiger partial charge in [-0.1, -0.05) is 43.6 Å². The number of benzene rings is 1. The third-order valence-corrected chi connectivity index (χ3v) is 5.59. The number of aromatic hydroxyl groups is 1. The predicted octanol–water partition coefficient (Wildman–Crippen LogP) is 2.15. The SMILES string of the molecule is CC(C)[C@]1(O)[C@@H]2C#C/C=C\C#C[C@@H](O)[C@@]1(C)c1cc(O)ccc1C2. The number of hydrogen-bond acceptors (Lipinski definition) is 3. The smallest absolute Gasteiger partial charge is 0.127 e. The van der Waals surface area contributed by atoms with Crippen LogP contribution in [0.4, 0.5) is 0 Å². The molecule has 0 aromatic heterocycles. The van der Waals surface area contributed by atoms with Crippen molar-refractivity contribution >= 4 is 0 Å². The molecule has 0 saturated heterocycles. The van der Waals surface area contributed by atoms with Crippen molar-refractivity contribution in [1.82, 2.24) is 0 Å². The molecule has 124 valence electrons. The van der Waals surface area contributed by atoms with Crippen molar-refractivity contribution in [3.63, 3.8) is 0 Å². The number of hydrogen-bond donors (Lipinski definition) is 3. The highest BCUT2D eigenvalue weighted by atomic mass is 16.3. The first-order valence-corrected chi connectivity index (χ1v) is 8.21. The molecule has 0 amide bonds. The maximum atomic E-state index is 11.8. The number of rotatable bonds is 1. The van der Waals surface area contributed by atoms with Crippen LogP contribution >= 0.6 is 0 Å². The Kier molecular flexibility index (Phi) is 3.96. The van der Waals surface area contributed by atoms with Crippen LogP contribution in [-0.4, -0.2) is 27.0 Å². The fourth-order valence-corrected chi connectivity index (χ4v) is 4.21. The molecule has 3 heteroatoms. The van der Waals surface area contributed by atoms with E-state index >= 15 is 0 Å². The lowest BCUT2D eigenvalue weighted by Crippen LogP contribution is -2.65. The van der Waals surface area contributed by atoms with Gasteiger partial charge in [0.2, 0.25) is 0 Å². The molecule has 0 radical (unpaired) electrons. The van der Waals surface area contributed by atoms with Gasteiger partial charge in [0, 0.05) is 0 Å². The van der Waals surface area contributed by atoms with Crippen LogP contribution in [0.2, 0.25) is 0 Å². The van der Waals surface area contributed by atoms with E-state index in [9.17, 15) is 15.3 Å². The first-order chi connectivity index (χ1) is 11.3. The van der Waals surface area contributed by atoms with E-state index in [-0.39, 0.29) is 17.6 Å². The Morgan fingerprint density at radius 2 is 1.83 bits per heavy atom. The first-order valence-electron chi connectivity index (χ1n) is 8.21. The van der Waals surface area contributed by atoms with Crippen LogP contribution in [-0.2, 0) is 11.8 Å². The highest BCUT2D eigenvalue weighted by Crippen LogP contribution is 2.53. The predicted molar refractivity (Wildman–Crippen MR) is 93.1 cm³/mol. The fraction of sp³-hybridized carbons (Fsp3) is 0.429. The van der Waals surface area contributed by atoms with E-state index in [2.05, 4.69) is 23.7 Å². The zero-order valence-electron chi connectivity index (χ0n) is 14.2. The van der Waals surface area contributed by atoms with E-state index in [1.807, 2.05) is 26.8 Å². The second-order valence-electron chi connectivity index (χ2n) is 7.09. The molecule has 2 aliphatic carbocycles. The second-order valence-corrected chi connectivity index (χ2v) is 7.09. The summed E-state index contributed by atoms with van der Waals surface area (Å²) in [7, 11) is 0. The lowest BCUT2D eigenvalue weighted by atomic mass is 9.51. The normalized spacial score (nSPS) is 35.1. The molecule has 2 bridgehead atoms. The molecule has 0 unspecified atom stereocenters. The van der Waals surface area contributed by atoms with Crippen LogP contribution in [0.5, 0.6) is 5.75 Å². The summed E-state index contributed by atoms with van der Waals surface area (Å²) in [6, 6.07) is 5.12. The summed E-state index contributed by atoms with van der Waals surface area (Å²) in [6.07, 6.45) is 2.74. The van der Waals surface area contributed by atoms with E-state index < -0.39 is 17.1 Å². The van der Waals surface area contributed by atoms with Gasteiger partial charge in [0.05, 0.1) is 16.9 Å². The van der Waals surface area contributed by atoms with Crippen LogP contribution in [0.3, 0.4) is 0 Å². The molecule has 3 N–H and O–H groups in total. The van der Waals surface area contributed by atoms with Gasteiger partial charge < -0.3 is 15.3 Å². The lowest BCUT2D eigenvalue weighted by Gasteiger charge is -2.55. The maximum Gasteiger partial charge on any atom is 0.127 e. The number of aliphatic hydroxyl groups is 2. The molecule has 0 saturated carbocycles. The molecule has 1 aromatic rings. The van der Waals surface area contributed by atoms with Crippen molar-refractivity contribution < 1.29 is 15.3 Å². The molecule has 0 aliphatic heterocycles. The summed E-state index contributed by atoms with van der Waals surface area (Å²) >= 11 is 0. The van der Waals surface area contributed by atoms with E-state index in [0.717, 1.165) is 11.1 Å². The largest absolute Gasteiger partial charge is 0.508 e. The Labute approximate surface area is 143 Å². The molecule has 24 heavy (non-hydrogen) atoms. The monoisotopic (exact) mass is 322 g/mol. The van der Waals surface area contributed by atoms with Gasteiger partial charge in [-0.05, 0) is 54.7 Å². The Morgan fingerprint density at radius 1 is 1.17 bits per heavy atom.